The molecule has 1 fully saturated rings. The second-order valence-electron chi connectivity index (χ2n) is 5.71. The van der Waals surface area contributed by atoms with Gasteiger partial charge < -0.3 is 10.0 Å². The van der Waals surface area contributed by atoms with Gasteiger partial charge in [-0.2, -0.15) is 0 Å². The van der Waals surface area contributed by atoms with E-state index in [-0.39, 0.29) is 17.6 Å². The summed E-state index contributed by atoms with van der Waals surface area (Å²) in [6.07, 6.45) is 5.64. The molecule has 1 saturated heterocycles. The van der Waals surface area contributed by atoms with Gasteiger partial charge in [-0.1, -0.05) is 20.3 Å². The van der Waals surface area contributed by atoms with Crippen molar-refractivity contribution < 1.29 is 14.7 Å². The van der Waals surface area contributed by atoms with Gasteiger partial charge in [-0.05, 0) is 37.3 Å². The monoisotopic (exact) mass is 290 g/mol. The summed E-state index contributed by atoms with van der Waals surface area (Å²) >= 11 is 0. The lowest BCUT2D eigenvalue weighted by atomic mass is 9.94. The number of amides is 1. The van der Waals surface area contributed by atoms with E-state index in [1.807, 2.05) is 4.90 Å². The molecule has 5 heteroatoms. The number of rotatable bonds is 5. The molecule has 0 spiro atoms. The van der Waals surface area contributed by atoms with Gasteiger partial charge in [0.2, 0.25) is 0 Å². The van der Waals surface area contributed by atoms with Gasteiger partial charge in [-0.3, -0.25) is 4.79 Å². The molecule has 114 valence electrons. The maximum atomic E-state index is 12.6. The van der Waals surface area contributed by atoms with Gasteiger partial charge in [0, 0.05) is 24.3 Å². The van der Waals surface area contributed by atoms with E-state index in [2.05, 4.69) is 18.8 Å². The highest BCUT2D eigenvalue weighted by Gasteiger charge is 2.32. The van der Waals surface area contributed by atoms with Crippen LogP contribution in [0.3, 0.4) is 0 Å². The normalized spacial score (nSPS) is 19.5. The van der Waals surface area contributed by atoms with Crippen molar-refractivity contribution >= 4 is 11.9 Å². The third-order valence-electron chi connectivity index (χ3n) is 4.19. The first-order valence-corrected chi connectivity index (χ1v) is 7.55. The molecule has 2 heterocycles. The number of aromatic carboxylic acids is 1. The zero-order valence-corrected chi connectivity index (χ0v) is 12.6. The predicted molar refractivity (Wildman–Crippen MR) is 79.3 cm³/mol. The summed E-state index contributed by atoms with van der Waals surface area (Å²) in [5, 5.41) is 8.98. The van der Waals surface area contributed by atoms with Crippen molar-refractivity contribution in [3.8, 4) is 0 Å². The SMILES string of the molecule is CCCC(C)C1CCCN1C(=O)c1ccnc(C(=O)O)c1. The highest BCUT2D eigenvalue weighted by atomic mass is 16.4. The van der Waals surface area contributed by atoms with Crippen molar-refractivity contribution in [3.05, 3.63) is 29.6 Å². The molecule has 1 N–H and O–H groups in total. The van der Waals surface area contributed by atoms with Gasteiger partial charge in [-0.25, -0.2) is 9.78 Å². The maximum Gasteiger partial charge on any atom is 0.354 e. The molecule has 5 nitrogen and oxygen atoms in total. The average molecular weight is 290 g/mol. The zero-order chi connectivity index (χ0) is 15.4. The third kappa shape index (κ3) is 3.40. The summed E-state index contributed by atoms with van der Waals surface area (Å²) in [6, 6.07) is 3.22. The molecular weight excluding hydrogens is 268 g/mol. The first kappa shape index (κ1) is 15.5. The van der Waals surface area contributed by atoms with Crippen LogP contribution in [0.15, 0.2) is 18.3 Å². The molecule has 0 bridgehead atoms. The topological polar surface area (TPSA) is 70.5 Å². The highest BCUT2D eigenvalue weighted by molar-refractivity contribution is 5.97. The van der Waals surface area contributed by atoms with E-state index >= 15 is 0 Å². The maximum absolute atomic E-state index is 12.6. The molecule has 0 radical (unpaired) electrons. The number of likely N-dealkylation sites (tertiary alicyclic amines) is 1. The smallest absolute Gasteiger partial charge is 0.354 e. The Kier molecular flexibility index (Phi) is 4.94. The molecule has 1 aliphatic heterocycles. The van der Waals surface area contributed by atoms with E-state index < -0.39 is 5.97 Å². The number of hydrogen-bond donors (Lipinski definition) is 1. The minimum absolute atomic E-state index is 0.0784. The first-order valence-electron chi connectivity index (χ1n) is 7.55. The molecule has 21 heavy (non-hydrogen) atoms. The van der Waals surface area contributed by atoms with Crippen molar-refractivity contribution in [3.63, 3.8) is 0 Å². The van der Waals surface area contributed by atoms with Gasteiger partial charge >= 0.3 is 5.97 Å². The minimum Gasteiger partial charge on any atom is -0.477 e. The van der Waals surface area contributed by atoms with Crippen LogP contribution < -0.4 is 0 Å². The van der Waals surface area contributed by atoms with Gasteiger partial charge in [0.25, 0.3) is 5.91 Å². The Bertz CT molecular complexity index is 530. The van der Waals surface area contributed by atoms with E-state index in [0.29, 0.717) is 11.5 Å². The molecule has 2 rings (SSSR count). The summed E-state index contributed by atoms with van der Waals surface area (Å²) in [4.78, 5) is 29.3. The van der Waals surface area contributed by atoms with E-state index in [9.17, 15) is 9.59 Å². The fourth-order valence-electron chi connectivity index (χ4n) is 3.13. The quantitative estimate of drug-likeness (QED) is 0.905. The molecule has 1 amide bonds. The number of aromatic nitrogens is 1. The average Bonchev–Trinajstić information content (AvgIpc) is 2.96. The van der Waals surface area contributed by atoms with E-state index in [1.165, 1.54) is 12.3 Å². The lowest BCUT2D eigenvalue weighted by Crippen LogP contribution is -2.39. The fraction of sp³-hybridized carbons (Fsp3) is 0.562. The van der Waals surface area contributed by atoms with Gasteiger partial charge in [0.1, 0.15) is 5.69 Å². The van der Waals surface area contributed by atoms with Crippen LogP contribution >= 0.6 is 0 Å². The van der Waals surface area contributed by atoms with Crippen molar-refractivity contribution in [2.75, 3.05) is 6.54 Å². The summed E-state index contributed by atoms with van der Waals surface area (Å²) < 4.78 is 0. The number of carbonyl (C=O) groups excluding carboxylic acids is 1. The molecule has 1 aromatic heterocycles. The van der Waals surface area contributed by atoms with Gasteiger partial charge in [0.15, 0.2) is 0 Å². The van der Waals surface area contributed by atoms with Crippen molar-refractivity contribution in [2.45, 2.75) is 45.6 Å². The number of carboxylic acid groups (broad SMARTS) is 1. The second kappa shape index (κ2) is 6.70. The van der Waals surface area contributed by atoms with Crippen LogP contribution in [0.1, 0.15) is 60.4 Å². The van der Waals surface area contributed by atoms with Gasteiger partial charge in [-0.15, -0.1) is 0 Å². The number of carboxylic acids is 1. The second-order valence-corrected chi connectivity index (χ2v) is 5.71. The molecule has 0 aromatic carbocycles. The molecule has 2 atom stereocenters. The van der Waals surface area contributed by atoms with Crippen molar-refractivity contribution in [2.24, 2.45) is 5.92 Å². The fourth-order valence-corrected chi connectivity index (χ4v) is 3.13. The molecule has 1 aromatic rings. The zero-order valence-electron chi connectivity index (χ0n) is 12.6. The Labute approximate surface area is 125 Å². The predicted octanol–water partition coefficient (Wildman–Crippen LogP) is 2.82. The van der Waals surface area contributed by atoms with E-state index in [0.717, 1.165) is 32.2 Å². The largest absolute Gasteiger partial charge is 0.477 e. The van der Waals surface area contributed by atoms with Crippen LogP contribution in [-0.2, 0) is 0 Å². The summed E-state index contributed by atoms with van der Waals surface area (Å²) in [7, 11) is 0. The Morgan fingerprint density at radius 3 is 2.95 bits per heavy atom. The number of hydrogen-bond acceptors (Lipinski definition) is 3. The van der Waals surface area contributed by atoms with Crippen LogP contribution in [0, 0.1) is 5.92 Å². The van der Waals surface area contributed by atoms with Crippen LogP contribution in [0.25, 0.3) is 0 Å². The Morgan fingerprint density at radius 2 is 2.29 bits per heavy atom. The Hall–Kier alpha value is -1.91. The molecular formula is C16H22N2O3. The standard InChI is InChI=1S/C16H22N2O3/c1-3-5-11(2)14-6-4-9-18(14)15(19)12-7-8-17-13(10-12)16(20)21/h7-8,10-11,14H,3-6,9H2,1-2H3,(H,20,21). The van der Waals surface area contributed by atoms with Crippen LogP contribution in [-0.4, -0.2) is 39.5 Å². The lowest BCUT2D eigenvalue weighted by Gasteiger charge is -2.29. The highest BCUT2D eigenvalue weighted by Crippen LogP contribution is 2.28. The van der Waals surface area contributed by atoms with Crippen LogP contribution in [0.4, 0.5) is 0 Å². The van der Waals surface area contributed by atoms with Crippen molar-refractivity contribution in [1.29, 1.82) is 0 Å². The van der Waals surface area contributed by atoms with Crippen LogP contribution in [0.2, 0.25) is 0 Å². The van der Waals surface area contributed by atoms with Crippen LogP contribution in [0.5, 0.6) is 0 Å². The third-order valence-corrected chi connectivity index (χ3v) is 4.19. The Balaban J connectivity index is 2.18. The lowest BCUT2D eigenvalue weighted by molar-refractivity contribution is 0.0688. The molecule has 2 unspecified atom stereocenters. The molecule has 0 saturated carbocycles. The number of carbonyl (C=O) groups is 2. The molecule has 0 aliphatic carbocycles. The Morgan fingerprint density at radius 1 is 1.52 bits per heavy atom. The van der Waals surface area contributed by atoms with E-state index in [1.54, 1.807) is 6.07 Å². The van der Waals surface area contributed by atoms with Crippen molar-refractivity contribution in [1.82, 2.24) is 9.88 Å². The summed E-state index contributed by atoms with van der Waals surface area (Å²) in [5.74, 6) is -0.713. The molecule has 1 aliphatic rings. The number of pyridine rings is 1. The van der Waals surface area contributed by atoms with E-state index in [4.69, 9.17) is 5.11 Å². The van der Waals surface area contributed by atoms with Gasteiger partial charge in [0.05, 0.1) is 0 Å². The minimum atomic E-state index is -1.11. The summed E-state index contributed by atoms with van der Waals surface area (Å²) in [6.45, 7) is 5.09. The first-order chi connectivity index (χ1) is 10.0. The number of nitrogens with zero attached hydrogens (tertiary/aromatic N) is 2. The summed E-state index contributed by atoms with van der Waals surface area (Å²) in [5.41, 5.74) is 0.330.